The highest BCUT2D eigenvalue weighted by atomic mass is 16.6. The van der Waals surface area contributed by atoms with Crippen LogP contribution in [-0.2, 0) is 19.1 Å². The van der Waals surface area contributed by atoms with Crippen LogP contribution in [0.5, 0.6) is 0 Å². The van der Waals surface area contributed by atoms with E-state index in [4.69, 9.17) is 9.47 Å². The fourth-order valence-corrected chi connectivity index (χ4v) is 2.00. The highest BCUT2D eigenvalue weighted by molar-refractivity contribution is 5.87. The zero-order valence-electron chi connectivity index (χ0n) is 9.74. The maximum atomic E-state index is 11.5. The summed E-state index contributed by atoms with van der Waals surface area (Å²) in [5.74, 6) is -0.486. The van der Waals surface area contributed by atoms with E-state index in [2.05, 4.69) is 10.6 Å². The number of amides is 1. The number of rotatable bonds is 4. The number of carbonyl (C=O) groups excluding carboxylic acids is 2. The van der Waals surface area contributed by atoms with Crippen LogP contribution in [0.4, 0.5) is 0 Å². The molecule has 0 spiro atoms. The first kappa shape index (κ1) is 12.3. The van der Waals surface area contributed by atoms with Gasteiger partial charge in [-0.3, -0.25) is 9.59 Å². The molecule has 0 aromatic heterocycles. The Hall–Kier alpha value is -1.14. The predicted molar refractivity (Wildman–Crippen MR) is 59.4 cm³/mol. The fourth-order valence-electron chi connectivity index (χ4n) is 2.00. The Kier molecular flexibility index (Phi) is 4.33. The molecule has 2 fully saturated rings. The van der Waals surface area contributed by atoms with Gasteiger partial charge in [0.25, 0.3) is 0 Å². The van der Waals surface area contributed by atoms with Crippen molar-refractivity contribution in [2.75, 3.05) is 26.3 Å². The minimum absolute atomic E-state index is 0.0343. The van der Waals surface area contributed by atoms with Crippen molar-refractivity contribution in [2.24, 2.45) is 0 Å². The molecule has 6 heteroatoms. The molecule has 2 aliphatic rings. The second-order valence-electron chi connectivity index (χ2n) is 4.32. The SMILES string of the molecule is O=C(C[C@H]1NCCNC1=O)OC[C@H]1CCCO1. The third-order valence-electron chi connectivity index (χ3n) is 2.96. The van der Waals surface area contributed by atoms with Gasteiger partial charge in [0.05, 0.1) is 18.6 Å². The lowest BCUT2D eigenvalue weighted by Gasteiger charge is -2.22. The molecule has 1 amide bonds. The van der Waals surface area contributed by atoms with Crippen LogP contribution in [-0.4, -0.2) is 50.3 Å². The summed E-state index contributed by atoms with van der Waals surface area (Å²) in [7, 11) is 0. The van der Waals surface area contributed by atoms with Crippen molar-refractivity contribution >= 4 is 11.9 Å². The molecule has 0 bridgehead atoms. The van der Waals surface area contributed by atoms with Crippen LogP contribution >= 0.6 is 0 Å². The number of esters is 1. The maximum Gasteiger partial charge on any atom is 0.308 e. The van der Waals surface area contributed by atoms with Gasteiger partial charge in [-0.1, -0.05) is 0 Å². The molecule has 2 saturated heterocycles. The summed E-state index contributed by atoms with van der Waals surface area (Å²) in [6.07, 6.45) is 2.08. The second-order valence-corrected chi connectivity index (χ2v) is 4.32. The number of piperazine rings is 1. The number of hydrogen-bond donors (Lipinski definition) is 2. The van der Waals surface area contributed by atoms with Crippen molar-refractivity contribution in [1.82, 2.24) is 10.6 Å². The highest BCUT2D eigenvalue weighted by Gasteiger charge is 2.25. The van der Waals surface area contributed by atoms with E-state index in [9.17, 15) is 9.59 Å². The molecule has 0 aromatic carbocycles. The van der Waals surface area contributed by atoms with Crippen LogP contribution < -0.4 is 10.6 Å². The summed E-state index contributed by atoms with van der Waals surface area (Å²) in [5, 5.41) is 5.68. The van der Waals surface area contributed by atoms with Gasteiger partial charge >= 0.3 is 5.97 Å². The topological polar surface area (TPSA) is 76.7 Å². The van der Waals surface area contributed by atoms with Crippen LogP contribution in [0, 0.1) is 0 Å². The van der Waals surface area contributed by atoms with Gasteiger partial charge in [-0.2, -0.15) is 0 Å². The smallest absolute Gasteiger partial charge is 0.308 e. The van der Waals surface area contributed by atoms with Gasteiger partial charge in [-0.25, -0.2) is 0 Å². The Labute approximate surface area is 100 Å². The first-order valence-electron chi connectivity index (χ1n) is 6.04. The van der Waals surface area contributed by atoms with E-state index >= 15 is 0 Å². The Bertz CT molecular complexity index is 289. The minimum Gasteiger partial charge on any atom is -0.463 e. The molecule has 96 valence electrons. The van der Waals surface area contributed by atoms with E-state index < -0.39 is 6.04 Å². The van der Waals surface area contributed by atoms with E-state index in [-0.39, 0.29) is 24.4 Å². The molecule has 2 heterocycles. The Morgan fingerprint density at radius 2 is 2.35 bits per heavy atom. The Balaban J connectivity index is 1.67. The third-order valence-corrected chi connectivity index (χ3v) is 2.96. The molecule has 0 unspecified atom stereocenters. The molecule has 2 rings (SSSR count). The van der Waals surface area contributed by atoms with Crippen LogP contribution in [0.25, 0.3) is 0 Å². The Morgan fingerprint density at radius 3 is 3.06 bits per heavy atom. The molecular weight excluding hydrogens is 224 g/mol. The molecule has 2 N–H and O–H groups in total. The second kappa shape index (κ2) is 5.97. The number of carbonyl (C=O) groups is 2. The van der Waals surface area contributed by atoms with E-state index in [0.29, 0.717) is 19.7 Å². The summed E-state index contributed by atoms with van der Waals surface area (Å²) in [6.45, 7) is 2.34. The van der Waals surface area contributed by atoms with Crippen LogP contribution in [0.1, 0.15) is 19.3 Å². The first-order chi connectivity index (χ1) is 8.25. The van der Waals surface area contributed by atoms with E-state index in [1.54, 1.807) is 0 Å². The molecule has 6 nitrogen and oxygen atoms in total. The number of ether oxygens (including phenoxy) is 2. The number of nitrogens with one attached hydrogen (secondary N) is 2. The number of hydrogen-bond acceptors (Lipinski definition) is 5. The van der Waals surface area contributed by atoms with E-state index in [1.807, 2.05) is 0 Å². The van der Waals surface area contributed by atoms with Crippen LogP contribution in [0.3, 0.4) is 0 Å². The molecule has 2 aliphatic heterocycles. The van der Waals surface area contributed by atoms with Crippen molar-refractivity contribution in [3.8, 4) is 0 Å². The maximum absolute atomic E-state index is 11.5. The van der Waals surface area contributed by atoms with Gasteiger partial charge in [-0.15, -0.1) is 0 Å². The molecule has 0 aromatic rings. The average Bonchev–Trinajstić information content (AvgIpc) is 2.82. The lowest BCUT2D eigenvalue weighted by molar-refractivity contribution is -0.149. The van der Waals surface area contributed by atoms with Crippen molar-refractivity contribution in [3.63, 3.8) is 0 Å². The van der Waals surface area contributed by atoms with Crippen molar-refractivity contribution in [1.29, 1.82) is 0 Å². The molecule has 17 heavy (non-hydrogen) atoms. The summed E-state index contributed by atoms with van der Waals surface area (Å²) < 4.78 is 10.4. The van der Waals surface area contributed by atoms with E-state index in [0.717, 1.165) is 19.4 Å². The van der Waals surface area contributed by atoms with Crippen molar-refractivity contribution < 1.29 is 19.1 Å². The van der Waals surface area contributed by atoms with Gasteiger partial charge in [0.15, 0.2) is 0 Å². The van der Waals surface area contributed by atoms with Crippen molar-refractivity contribution in [2.45, 2.75) is 31.4 Å². The normalized spacial score (nSPS) is 28.8. The van der Waals surface area contributed by atoms with Crippen LogP contribution in [0.2, 0.25) is 0 Å². The molecule has 0 saturated carbocycles. The third kappa shape index (κ3) is 3.67. The van der Waals surface area contributed by atoms with Crippen LogP contribution in [0.15, 0.2) is 0 Å². The average molecular weight is 242 g/mol. The molecular formula is C11H18N2O4. The monoisotopic (exact) mass is 242 g/mol. The summed E-state index contributed by atoms with van der Waals surface area (Å²) in [5.41, 5.74) is 0. The highest BCUT2D eigenvalue weighted by Crippen LogP contribution is 2.12. The standard InChI is InChI=1S/C11H18N2O4/c14-10(17-7-8-2-1-5-16-8)6-9-11(15)13-4-3-12-9/h8-9,12H,1-7H2,(H,13,15)/t8-,9-/m1/s1. The van der Waals surface area contributed by atoms with Gasteiger partial charge in [0.1, 0.15) is 6.61 Å². The van der Waals surface area contributed by atoms with E-state index in [1.165, 1.54) is 0 Å². The largest absolute Gasteiger partial charge is 0.463 e. The summed E-state index contributed by atoms with van der Waals surface area (Å²) in [4.78, 5) is 22.9. The fraction of sp³-hybridized carbons (Fsp3) is 0.818. The lowest BCUT2D eigenvalue weighted by atomic mass is 10.1. The first-order valence-corrected chi connectivity index (χ1v) is 6.04. The summed E-state index contributed by atoms with van der Waals surface area (Å²) >= 11 is 0. The van der Waals surface area contributed by atoms with Gasteiger partial charge in [0.2, 0.25) is 5.91 Å². The van der Waals surface area contributed by atoms with Gasteiger partial charge in [0, 0.05) is 19.7 Å². The lowest BCUT2D eigenvalue weighted by Crippen LogP contribution is -2.53. The van der Waals surface area contributed by atoms with Crippen molar-refractivity contribution in [3.05, 3.63) is 0 Å². The quantitative estimate of drug-likeness (QED) is 0.630. The summed E-state index contributed by atoms with van der Waals surface area (Å²) in [6, 6.07) is -0.458. The minimum atomic E-state index is -0.458. The molecule has 2 atom stereocenters. The van der Waals surface area contributed by atoms with Gasteiger partial charge in [-0.05, 0) is 12.8 Å². The Morgan fingerprint density at radius 1 is 1.47 bits per heavy atom. The van der Waals surface area contributed by atoms with Gasteiger partial charge < -0.3 is 20.1 Å². The predicted octanol–water partition coefficient (Wildman–Crippen LogP) is -0.813. The zero-order valence-corrected chi connectivity index (χ0v) is 9.74. The molecule has 0 radical (unpaired) electrons. The zero-order chi connectivity index (χ0) is 12.1. The molecule has 0 aliphatic carbocycles.